The molecule has 20 heteroatoms. The molecule has 11 N–H and O–H groups in total. The molecule has 3 heterocycles. The maximum Gasteiger partial charge on any atom is 0.257 e. The number of imide groups is 1. The number of piperazine rings is 1. The predicted molar refractivity (Wildman–Crippen MR) is 257 cm³/mol. The topological polar surface area (TPSA) is 283 Å². The van der Waals surface area contributed by atoms with E-state index < -0.39 is 41.8 Å². The van der Waals surface area contributed by atoms with Crippen LogP contribution in [0.15, 0.2) is 53.5 Å². The second kappa shape index (κ2) is 26.4. The van der Waals surface area contributed by atoms with Crippen molar-refractivity contribution in [1.82, 2.24) is 36.0 Å². The lowest BCUT2D eigenvalue weighted by molar-refractivity contribution is -0.135. The number of para-hydroxylation sites is 3. The minimum absolute atomic E-state index is 0.0445. The molecule has 0 aliphatic carbocycles. The highest BCUT2D eigenvalue weighted by Gasteiger charge is 2.32. The van der Waals surface area contributed by atoms with E-state index in [-0.39, 0.29) is 36.6 Å². The molecule has 2 aromatic carbocycles. The molecule has 2 fully saturated rings. The van der Waals surface area contributed by atoms with Crippen molar-refractivity contribution < 1.29 is 33.6 Å². The summed E-state index contributed by atoms with van der Waals surface area (Å²) >= 11 is 0. The molecule has 5 rings (SSSR count). The number of carbonyl (C=O) groups excluding carboxylic acids is 7. The third-order valence-electron chi connectivity index (χ3n) is 12.5. The standard InChI is InChI=1S/C47H71N13O7/c1-32(43(64)56-38(14-7-8-21-48)46(67)54-33(2)61)53-45(66)37(15-10-22-52-47(49)50)51-23-26-57-27-29-59(30-28-57)41(62)18-9-11-34-19-24-58(25-20-34)31-42(63)60-39-16-5-3-12-35(39)44(65)55-36-13-4-6-17-40(36)60/h3-6,12-13,16-17,32,34,37-38,51H,7-11,14-15,18-31,48H2,1-2H3,(H,53,66)(H,55,65)(H,56,64)(H4,49,50,52)(H,54,61,67)/t32-,37-,38-/m0/s1. The van der Waals surface area contributed by atoms with Crippen LogP contribution >= 0.6 is 0 Å². The summed E-state index contributed by atoms with van der Waals surface area (Å²) in [4.78, 5) is 103. The van der Waals surface area contributed by atoms with Gasteiger partial charge in [-0.15, -0.1) is 0 Å². The van der Waals surface area contributed by atoms with E-state index in [2.05, 4.69) is 41.4 Å². The molecule has 0 bridgehead atoms. The molecule has 67 heavy (non-hydrogen) atoms. The Morgan fingerprint density at radius 3 is 2.16 bits per heavy atom. The first-order chi connectivity index (χ1) is 32.2. The Morgan fingerprint density at radius 1 is 0.776 bits per heavy atom. The van der Waals surface area contributed by atoms with Gasteiger partial charge < -0.3 is 43.4 Å². The number of hydrogen-bond acceptors (Lipinski definition) is 12. The van der Waals surface area contributed by atoms with E-state index in [1.165, 1.54) is 13.8 Å². The number of nitrogens with two attached hydrogens (primary N) is 3. The number of nitrogens with zero attached hydrogens (tertiary/aromatic N) is 5. The summed E-state index contributed by atoms with van der Waals surface area (Å²) in [6, 6.07) is 12.0. The number of carbonyl (C=O) groups is 7. The molecule has 3 aliphatic heterocycles. The molecule has 2 aromatic rings. The molecular formula is C47H71N13O7. The molecule has 2 saturated heterocycles. The first-order valence-electron chi connectivity index (χ1n) is 23.7. The van der Waals surface area contributed by atoms with Gasteiger partial charge in [0.1, 0.15) is 12.1 Å². The van der Waals surface area contributed by atoms with Crippen molar-refractivity contribution in [3.8, 4) is 0 Å². The van der Waals surface area contributed by atoms with Gasteiger partial charge >= 0.3 is 0 Å². The lowest BCUT2D eigenvalue weighted by Crippen LogP contribution is -2.56. The van der Waals surface area contributed by atoms with Crippen LogP contribution in [0.2, 0.25) is 0 Å². The molecule has 3 atom stereocenters. The van der Waals surface area contributed by atoms with Crippen molar-refractivity contribution in [3.05, 3.63) is 54.1 Å². The van der Waals surface area contributed by atoms with Crippen LogP contribution in [0.3, 0.4) is 0 Å². The van der Waals surface area contributed by atoms with Gasteiger partial charge in [0.05, 0.1) is 35.2 Å². The monoisotopic (exact) mass is 930 g/mol. The van der Waals surface area contributed by atoms with Gasteiger partial charge in [0.2, 0.25) is 35.4 Å². The summed E-state index contributed by atoms with van der Waals surface area (Å²) in [7, 11) is 0. The Bertz CT molecular complexity index is 2050. The number of anilines is 3. The molecular weight excluding hydrogens is 859 g/mol. The highest BCUT2D eigenvalue weighted by Crippen LogP contribution is 2.38. The fourth-order valence-corrected chi connectivity index (χ4v) is 8.76. The Morgan fingerprint density at radius 2 is 1.46 bits per heavy atom. The number of likely N-dealkylation sites (tertiary alicyclic amines) is 1. The van der Waals surface area contributed by atoms with E-state index >= 15 is 0 Å². The first kappa shape index (κ1) is 52.0. The van der Waals surface area contributed by atoms with Crippen molar-refractivity contribution >= 4 is 64.4 Å². The van der Waals surface area contributed by atoms with E-state index in [1.54, 1.807) is 17.0 Å². The second-order valence-corrected chi connectivity index (χ2v) is 17.6. The molecule has 0 saturated carbocycles. The Kier molecular flexibility index (Phi) is 20.5. The molecule has 7 amide bonds. The van der Waals surface area contributed by atoms with Crippen LogP contribution in [0.5, 0.6) is 0 Å². The minimum atomic E-state index is -0.973. The van der Waals surface area contributed by atoms with Gasteiger partial charge in [-0.2, -0.15) is 0 Å². The Labute approximate surface area is 393 Å². The number of guanidine groups is 1. The van der Waals surface area contributed by atoms with Crippen LogP contribution in [0.1, 0.15) is 88.4 Å². The quantitative estimate of drug-likeness (QED) is 0.0434. The highest BCUT2D eigenvalue weighted by molar-refractivity contribution is 6.18. The van der Waals surface area contributed by atoms with Crippen molar-refractivity contribution in [2.75, 3.05) is 82.2 Å². The third-order valence-corrected chi connectivity index (χ3v) is 12.5. The van der Waals surface area contributed by atoms with Crippen LogP contribution < -0.4 is 48.7 Å². The molecule has 0 spiro atoms. The molecule has 0 aromatic heterocycles. The van der Waals surface area contributed by atoms with Crippen LogP contribution in [-0.4, -0.2) is 152 Å². The number of fused-ring (bicyclic) bond motifs is 2. The molecule has 20 nitrogen and oxygen atoms in total. The zero-order chi connectivity index (χ0) is 48.3. The summed E-state index contributed by atoms with van der Waals surface area (Å²) in [5, 5.41) is 13.9. The average molecular weight is 930 g/mol. The number of piperidine rings is 1. The Hall–Kier alpha value is -5.96. The van der Waals surface area contributed by atoms with Gasteiger partial charge in [-0.25, -0.2) is 0 Å². The van der Waals surface area contributed by atoms with Gasteiger partial charge in [-0.05, 0) is 115 Å². The number of benzene rings is 2. The van der Waals surface area contributed by atoms with Crippen LogP contribution in [0.4, 0.5) is 17.1 Å². The second-order valence-electron chi connectivity index (χ2n) is 17.6. The maximum atomic E-state index is 13.9. The van der Waals surface area contributed by atoms with E-state index in [0.29, 0.717) is 113 Å². The van der Waals surface area contributed by atoms with E-state index in [9.17, 15) is 33.6 Å². The smallest absolute Gasteiger partial charge is 0.257 e. The lowest BCUT2D eigenvalue weighted by atomic mass is 9.91. The molecule has 3 aliphatic rings. The predicted octanol–water partition coefficient (Wildman–Crippen LogP) is 0.736. The average Bonchev–Trinajstić information content (AvgIpc) is 3.43. The van der Waals surface area contributed by atoms with E-state index in [0.717, 1.165) is 38.8 Å². The van der Waals surface area contributed by atoms with Gasteiger partial charge in [-0.1, -0.05) is 24.3 Å². The lowest BCUT2D eigenvalue weighted by Gasteiger charge is -2.35. The van der Waals surface area contributed by atoms with Crippen LogP contribution in [-0.2, 0) is 28.8 Å². The number of hydrogen-bond donors (Lipinski definition) is 8. The van der Waals surface area contributed by atoms with Gasteiger partial charge in [0.25, 0.3) is 5.91 Å². The summed E-state index contributed by atoms with van der Waals surface area (Å²) < 4.78 is 0. The van der Waals surface area contributed by atoms with Gasteiger partial charge in [0, 0.05) is 59.2 Å². The SMILES string of the molecule is CC(=O)NC(=O)[C@H](CCCCN)NC(=O)[C@H](C)NC(=O)[C@H](CCCN=C(N)N)NCCN1CCN(C(=O)CCCC2CCN(CC(=O)N3c4ccccc4NC(=O)c4ccccc43)CC2)CC1. The van der Waals surface area contributed by atoms with Crippen molar-refractivity contribution in [2.24, 2.45) is 28.1 Å². The number of unbranched alkanes of at least 4 members (excludes halogenated alkanes) is 1. The van der Waals surface area contributed by atoms with Crippen molar-refractivity contribution in [3.63, 3.8) is 0 Å². The molecule has 0 unspecified atom stereocenters. The van der Waals surface area contributed by atoms with E-state index in [4.69, 9.17) is 17.2 Å². The van der Waals surface area contributed by atoms with Crippen molar-refractivity contribution in [2.45, 2.75) is 96.2 Å². The largest absolute Gasteiger partial charge is 0.370 e. The number of amides is 7. The third kappa shape index (κ3) is 16.1. The zero-order valence-corrected chi connectivity index (χ0v) is 39.1. The number of rotatable bonds is 23. The summed E-state index contributed by atoms with van der Waals surface area (Å²) in [6.45, 7) is 9.08. The van der Waals surface area contributed by atoms with Gasteiger partial charge in [0.15, 0.2) is 5.96 Å². The van der Waals surface area contributed by atoms with Crippen LogP contribution in [0, 0.1) is 5.92 Å². The minimum Gasteiger partial charge on any atom is -0.370 e. The summed E-state index contributed by atoms with van der Waals surface area (Å²) in [5.74, 6) is -1.86. The Balaban J connectivity index is 1.01. The fraction of sp³-hybridized carbons (Fsp3) is 0.574. The molecule has 0 radical (unpaired) electrons. The maximum absolute atomic E-state index is 13.9. The zero-order valence-electron chi connectivity index (χ0n) is 39.1. The number of aliphatic imine (C=N–C) groups is 1. The normalized spacial score (nSPS) is 16.9. The molecule has 366 valence electrons. The first-order valence-corrected chi connectivity index (χ1v) is 23.7. The van der Waals surface area contributed by atoms with Crippen LogP contribution in [0.25, 0.3) is 0 Å². The fourth-order valence-electron chi connectivity index (χ4n) is 8.76. The van der Waals surface area contributed by atoms with E-state index in [1.807, 2.05) is 41.3 Å². The van der Waals surface area contributed by atoms with Gasteiger partial charge in [-0.3, -0.25) is 58.6 Å². The summed E-state index contributed by atoms with van der Waals surface area (Å²) in [6.07, 6.45) is 6.56. The highest BCUT2D eigenvalue weighted by atomic mass is 16.2. The number of nitrogens with one attached hydrogen (secondary N) is 5. The summed E-state index contributed by atoms with van der Waals surface area (Å²) in [5.41, 5.74) is 18.8. The van der Waals surface area contributed by atoms with Crippen molar-refractivity contribution in [1.29, 1.82) is 0 Å².